The Morgan fingerprint density at radius 2 is 2.10 bits per heavy atom. The average Bonchev–Trinajstić information content (AvgIpc) is 3.17. The summed E-state index contributed by atoms with van der Waals surface area (Å²) >= 11 is 7.03. The van der Waals surface area contributed by atoms with E-state index in [-0.39, 0.29) is 12.1 Å². The maximum atomic E-state index is 12.8. The first kappa shape index (κ1) is 14.8. The fraction of sp³-hybridized carbons (Fsp3) is 0.692. The number of halogens is 1. The highest BCUT2D eigenvalue weighted by atomic mass is 35.5. The largest absolute Gasteiger partial charge is 0.313 e. The van der Waals surface area contributed by atoms with Crippen molar-refractivity contribution >= 4 is 33.0 Å². The second-order valence-corrected chi connectivity index (χ2v) is 9.34. The molecule has 7 heteroatoms. The maximum Gasteiger partial charge on any atom is 0.252 e. The van der Waals surface area contributed by atoms with Crippen LogP contribution in [0, 0.1) is 0 Å². The Balaban J connectivity index is 1.79. The number of nitrogens with one attached hydrogen (secondary N) is 1. The third-order valence-corrected chi connectivity index (χ3v) is 7.50. The fourth-order valence-electron chi connectivity index (χ4n) is 2.65. The number of nitrogens with zero attached hydrogens (tertiary/aromatic N) is 1. The minimum atomic E-state index is -3.39. The first-order chi connectivity index (χ1) is 9.57. The molecule has 3 rings (SSSR count). The number of thiophene rings is 1. The van der Waals surface area contributed by atoms with Gasteiger partial charge in [-0.1, -0.05) is 18.0 Å². The predicted molar refractivity (Wildman–Crippen MR) is 81.9 cm³/mol. The molecule has 0 bridgehead atoms. The van der Waals surface area contributed by atoms with Gasteiger partial charge in [0.1, 0.15) is 4.21 Å². The molecule has 2 aliphatic rings. The average molecular weight is 335 g/mol. The van der Waals surface area contributed by atoms with E-state index in [0.29, 0.717) is 15.1 Å². The summed E-state index contributed by atoms with van der Waals surface area (Å²) in [6.45, 7) is 1.58. The van der Waals surface area contributed by atoms with Crippen molar-refractivity contribution in [2.24, 2.45) is 0 Å². The number of piperidine rings is 1. The van der Waals surface area contributed by atoms with Gasteiger partial charge >= 0.3 is 0 Å². The molecule has 1 aromatic heterocycles. The zero-order valence-electron chi connectivity index (χ0n) is 11.2. The molecule has 0 radical (unpaired) electrons. The minimum Gasteiger partial charge on any atom is -0.313 e. The van der Waals surface area contributed by atoms with Crippen LogP contribution in [-0.2, 0) is 10.0 Å². The normalized spacial score (nSPS) is 24.2. The van der Waals surface area contributed by atoms with Gasteiger partial charge in [-0.2, -0.15) is 4.31 Å². The van der Waals surface area contributed by atoms with Crippen molar-refractivity contribution in [1.29, 1.82) is 0 Å². The van der Waals surface area contributed by atoms with Crippen molar-refractivity contribution < 1.29 is 8.42 Å². The van der Waals surface area contributed by atoms with Gasteiger partial charge in [0.25, 0.3) is 10.0 Å². The molecule has 1 aliphatic heterocycles. The van der Waals surface area contributed by atoms with E-state index in [1.165, 1.54) is 12.8 Å². The summed E-state index contributed by atoms with van der Waals surface area (Å²) in [6.07, 6.45) is 5.38. The molecule has 2 heterocycles. The van der Waals surface area contributed by atoms with Gasteiger partial charge in [-0.3, -0.25) is 0 Å². The zero-order chi connectivity index (χ0) is 14.2. The monoisotopic (exact) mass is 334 g/mol. The molecule has 0 spiro atoms. The molecule has 0 aromatic carbocycles. The predicted octanol–water partition coefficient (Wildman–Crippen LogP) is 2.70. The summed E-state index contributed by atoms with van der Waals surface area (Å²) in [4.78, 5) is 0. The van der Waals surface area contributed by atoms with Crippen LogP contribution in [0.3, 0.4) is 0 Å². The van der Waals surface area contributed by atoms with Crippen LogP contribution in [0.2, 0.25) is 4.34 Å². The Hall–Kier alpha value is -0.140. The molecule has 2 fully saturated rings. The van der Waals surface area contributed by atoms with Crippen LogP contribution in [0.1, 0.15) is 32.1 Å². The van der Waals surface area contributed by atoms with Crippen LogP contribution >= 0.6 is 22.9 Å². The third kappa shape index (κ3) is 3.20. The molecule has 0 amide bonds. The topological polar surface area (TPSA) is 49.4 Å². The van der Waals surface area contributed by atoms with Crippen LogP contribution in [0.15, 0.2) is 16.3 Å². The molecule has 1 aliphatic carbocycles. The molecule has 1 saturated carbocycles. The van der Waals surface area contributed by atoms with Crippen LogP contribution in [0.5, 0.6) is 0 Å². The van der Waals surface area contributed by atoms with E-state index in [1.807, 2.05) is 0 Å². The molecular formula is C13H19ClN2O2S2. The molecule has 4 nitrogen and oxygen atoms in total. The van der Waals surface area contributed by atoms with Crippen LogP contribution in [0.4, 0.5) is 0 Å². The Bertz CT molecular complexity index is 563. The van der Waals surface area contributed by atoms with E-state index in [4.69, 9.17) is 11.6 Å². The summed E-state index contributed by atoms with van der Waals surface area (Å²) in [5.41, 5.74) is 0. The van der Waals surface area contributed by atoms with Gasteiger partial charge in [0, 0.05) is 18.6 Å². The van der Waals surface area contributed by atoms with Gasteiger partial charge in [-0.15, -0.1) is 11.3 Å². The molecule has 1 unspecified atom stereocenters. The van der Waals surface area contributed by atoms with Crippen molar-refractivity contribution in [1.82, 2.24) is 9.62 Å². The van der Waals surface area contributed by atoms with Crippen LogP contribution in [0.25, 0.3) is 0 Å². The third-order valence-electron chi connectivity index (χ3n) is 3.88. The standard InChI is InChI=1S/C13H19ClN2O2S2/c14-12-6-7-13(19-12)20(17,18)16(11-4-5-11)9-10-3-1-2-8-15-10/h6-7,10-11,15H,1-5,8-9H2. The summed E-state index contributed by atoms with van der Waals surface area (Å²) in [7, 11) is -3.39. The first-order valence-electron chi connectivity index (χ1n) is 7.08. The number of hydrogen-bond donors (Lipinski definition) is 1. The van der Waals surface area contributed by atoms with E-state index < -0.39 is 10.0 Å². The van der Waals surface area contributed by atoms with Crippen molar-refractivity contribution in [2.45, 2.75) is 48.4 Å². The summed E-state index contributed by atoms with van der Waals surface area (Å²) in [6, 6.07) is 3.74. The minimum absolute atomic E-state index is 0.185. The molecule has 20 heavy (non-hydrogen) atoms. The Labute approximate surface area is 129 Å². The van der Waals surface area contributed by atoms with Crippen molar-refractivity contribution in [3.8, 4) is 0 Å². The number of hydrogen-bond acceptors (Lipinski definition) is 4. The lowest BCUT2D eigenvalue weighted by Crippen LogP contribution is -2.46. The zero-order valence-corrected chi connectivity index (χ0v) is 13.6. The van der Waals surface area contributed by atoms with Gasteiger partial charge in [-0.25, -0.2) is 8.42 Å². The van der Waals surface area contributed by atoms with Crippen LogP contribution < -0.4 is 5.32 Å². The van der Waals surface area contributed by atoms with Gasteiger partial charge in [0.2, 0.25) is 0 Å². The maximum absolute atomic E-state index is 12.8. The summed E-state index contributed by atoms with van der Waals surface area (Å²) in [5.74, 6) is 0. The van der Waals surface area contributed by atoms with E-state index in [9.17, 15) is 8.42 Å². The van der Waals surface area contributed by atoms with E-state index in [1.54, 1.807) is 16.4 Å². The van der Waals surface area contributed by atoms with Crippen molar-refractivity contribution in [3.63, 3.8) is 0 Å². The molecule has 1 aromatic rings. The highest BCUT2D eigenvalue weighted by Gasteiger charge is 2.39. The van der Waals surface area contributed by atoms with E-state index in [0.717, 1.165) is 37.1 Å². The number of sulfonamides is 1. The van der Waals surface area contributed by atoms with E-state index >= 15 is 0 Å². The van der Waals surface area contributed by atoms with E-state index in [2.05, 4.69) is 5.32 Å². The smallest absolute Gasteiger partial charge is 0.252 e. The Morgan fingerprint density at radius 1 is 1.30 bits per heavy atom. The molecule has 1 saturated heterocycles. The fourth-order valence-corrected chi connectivity index (χ4v) is 6.00. The summed E-state index contributed by atoms with van der Waals surface area (Å²) in [5, 5.41) is 3.43. The lowest BCUT2D eigenvalue weighted by atomic mass is 10.1. The van der Waals surface area contributed by atoms with Crippen LogP contribution in [-0.4, -0.2) is 37.9 Å². The SMILES string of the molecule is O=S(=O)(c1ccc(Cl)s1)N(CC1CCCCN1)C1CC1. The quantitative estimate of drug-likeness (QED) is 0.900. The van der Waals surface area contributed by atoms with Gasteiger partial charge in [-0.05, 0) is 44.4 Å². The molecule has 1 atom stereocenters. The highest BCUT2D eigenvalue weighted by Crippen LogP contribution is 2.35. The second kappa shape index (κ2) is 5.93. The molecule has 1 N–H and O–H groups in total. The summed E-state index contributed by atoms with van der Waals surface area (Å²) < 4.78 is 28.1. The van der Waals surface area contributed by atoms with Crippen molar-refractivity contribution in [3.05, 3.63) is 16.5 Å². The number of rotatable bonds is 5. The lowest BCUT2D eigenvalue weighted by molar-refractivity contribution is 0.308. The Kier molecular flexibility index (Phi) is 4.38. The van der Waals surface area contributed by atoms with Crippen molar-refractivity contribution in [2.75, 3.05) is 13.1 Å². The first-order valence-corrected chi connectivity index (χ1v) is 9.71. The van der Waals surface area contributed by atoms with Gasteiger partial charge in [0.15, 0.2) is 0 Å². The molecular weight excluding hydrogens is 316 g/mol. The van der Waals surface area contributed by atoms with Gasteiger partial charge < -0.3 is 5.32 Å². The Morgan fingerprint density at radius 3 is 2.65 bits per heavy atom. The molecule has 112 valence electrons. The lowest BCUT2D eigenvalue weighted by Gasteiger charge is -2.29. The van der Waals surface area contributed by atoms with Gasteiger partial charge in [0.05, 0.1) is 4.34 Å². The second-order valence-electron chi connectivity index (χ2n) is 5.51. The highest BCUT2D eigenvalue weighted by molar-refractivity contribution is 7.91.